The second kappa shape index (κ2) is 15.6. The van der Waals surface area contributed by atoms with Gasteiger partial charge in [-0.3, -0.25) is 14.4 Å². The Morgan fingerprint density at radius 2 is 1.55 bits per heavy atom. The summed E-state index contributed by atoms with van der Waals surface area (Å²) in [4.78, 5) is 39.9. The van der Waals surface area contributed by atoms with Gasteiger partial charge >= 0.3 is 0 Å². The lowest BCUT2D eigenvalue weighted by molar-refractivity contribution is -0.124. The number of likely N-dealkylation sites (N-methyl/N-ethyl adjacent to an activating group) is 1. The zero-order chi connectivity index (χ0) is 31.6. The van der Waals surface area contributed by atoms with E-state index in [1.165, 1.54) is 0 Å². The van der Waals surface area contributed by atoms with Crippen molar-refractivity contribution in [2.75, 3.05) is 29.2 Å². The van der Waals surface area contributed by atoms with E-state index in [0.717, 1.165) is 55.2 Å². The second-order valence-electron chi connectivity index (χ2n) is 12.1. The van der Waals surface area contributed by atoms with Gasteiger partial charge in [0.15, 0.2) is 0 Å². The summed E-state index contributed by atoms with van der Waals surface area (Å²) in [7, 11) is 1.91. The molecule has 1 heterocycles. The number of carbonyl (C=O) groups is 3. The van der Waals surface area contributed by atoms with Crippen LogP contribution in [0.5, 0.6) is 5.75 Å². The maximum absolute atomic E-state index is 12.8. The van der Waals surface area contributed by atoms with Crippen molar-refractivity contribution in [3.63, 3.8) is 0 Å². The fourth-order valence-electron chi connectivity index (χ4n) is 6.07. The highest BCUT2D eigenvalue weighted by Gasteiger charge is 2.32. The van der Waals surface area contributed by atoms with Crippen LogP contribution in [0.2, 0.25) is 0 Å². The van der Waals surface area contributed by atoms with Crippen LogP contribution in [0.25, 0.3) is 10.8 Å². The molecule has 1 aliphatic heterocycles. The summed E-state index contributed by atoms with van der Waals surface area (Å²) in [6.45, 7) is 3.86. The molecule has 3 amide bonds. The van der Waals surface area contributed by atoms with Crippen molar-refractivity contribution < 1.29 is 24.6 Å². The first-order valence-corrected chi connectivity index (χ1v) is 15.7. The molecule has 0 saturated heterocycles. The zero-order valence-electron chi connectivity index (χ0n) is 26.1. The summed E-state index contributed by atoms with van der Waals surface area (Å²) >= 11 is 0. The third-order valence-corrected chi connectivity index (χ3v) is 8.33. The largest absolute Gasteiger partial charge is 0.507 e. The van der Waals surface area contributed by atoms with Gasteiger partial charge in [0.2, 0.25) is 17.7 Å². The van der Waals surface area contributed by atoms with E-state index in [0.29, 0.717) is 36.0 Å². The molecule has 3 aromatic rings. The quantitative estimate of drug-likeness (QED) is 0.125. The minimum atomic E-state index is -0.379. The van der Waals surface area contributed by atoms with Gasteiger partial charge in [-0.05, 0) is 61.1 Å². The average Bonchev–Trinajstić information content (AvgIpc) is 2.99. The van der Waals surface area contributed by atoms with Crippen LogP contribution < -0.4 is 20.9 Å². The summed E-state index contributed by atoms with van der Waals surface area (Å²) in [5.41, 5.74) is 3.32. The van der Waals surface area contributed by atoms with Crippen molar-refractivity contribution in [2.45, 2.75) is 83.7 Å². The number of nitrogens with one attached hydrogen (secondary N) is 3. The molecule has 9 nitrogen and oxygen atoms in total. The Morgan fingerprint density at radius 1 is 0.909 bits per heavy atom. The molecule has 3 aromatic carbocycles. The van der Waals surface area contributed by atoms with Crippen LogP contribution in [0.4, 0.5) is 17.1 Å². The van der Waals surface area contributed by atoms with Gasteiger partial charge in [0, 0.05) is 47.7 Å². The van der Waals surface area contributed by atoms with Crippen LogP contribution >= 0.6 is 0 Å². The smallest absolute Gasteiger partial charge is 0.243 e. The molecule has 0 fully saturated rings. The van der Waals surface area contributed by atoms with Crippen LogP contribution in [0.1, 0.15) is 70.8 Å². The number of benzene rings is 3. The Balaban J connectivity index is 1.16. The molecule has 0 aliphatic carbocycles. The van der Waals surface area contributed by atoms with E-state index in [9.17, 15) is 24.6 Å². The molecule has 5 N–H and O–H groups in total. The number of carbonyl (C=O) groups excluding carboxylic acids is 3. The zero-order valence-corrected chi connectivity index (χ0v) is 26.1. The first kappa shape index (κ1) is 32.8. The van der Waals surface area contributed by atoms with Gasteiger partial charge < -0.3 is 31.1 Å². The van der Waals surface area contributed by atoms with Gasteiger partial charge in [-0.2, -0.15) is 0 Å². The van der Waals surface area contributed by atoms with Gasteiger partial charge in [-0.1, -0.05) is 63.8 Å². The topological polar surface area (TPSA) is 131 Å². The van der Waals surface area contributed by atoms with E-state index >= 15 is 0 Å². The molecule has 0 radical (unpaired) electrons. The minimum Gasteiger partial charge on any atom is -0.507 e. The number of aromatic hydroxyl groups is 1. The molecule has 0 unspecified atom stereocenters. The standard InChI is InChI=1S/C35H46N4O5/c1-23(2)34-35(44)37-26(22-40)21-24-20-25(16-18-30(24)39(34)3)36-32(42)14-8-6-4-5-7-9-15-33(43)38-29-17-19-31(41)28-13-11-10-12-27(28)29/h10-13,16-20,23,26,34,40-41H,4-9,14-15,21-22H2,1-3H3,(H,36,42)(H,37,44)(H,38,43)/t26-,34-/m0/s1. The lowest BCUT2D eigenvalue weighted by Gasteiger charge is -2.37. The van der Waals surface area contributed by atoms with Crippen LogP contribution in [-0.2, 0) is 20.8 Å². The molecule has 2 atom stereocenters. The van der Waals surface area contributed by atoms with Crippen molar-refractivity contribution in [1.82, 2.24) is 5.32 Å². The first-order chi connectivity index (χ1) is 21.2. The van der Waals surface area contributed by atoms with Crippen LogP contribution in [-0.4, -0.2) is 53.7 Å². The Bertz CT molecular complexity index is 1460. The van der Waals surface area contributed by atoms with Gasteiger partial charge in [0.05, 0.1) is 12.6 Å². The molecule has 0 aromatic heterocycles. The first-order valence-electron chi connectivity index (χ1n) is 15.7. The number of fused-ring (bicyclic) bond motifs is 2. The third-order valence-electron chi connectivity index (χ3n) is 8.33. The number of unbranched alkanes of at least 4 members (excludes halogenated alkanes) is 5. The Morgan fingerprint density at radius 3 is 2.20 bits per heavy atom. The SMILES string of the molecule is CC(C)[C@H]1C(=O)N[C@H](CO)Cc2cc(NC(=O)CCCCCCCCC(=O)Nc3ccc(O)c4ccccc34)ccc2N1C. The van der Waals surface area contributed by atoms with Gasteiger partial charge in [-0.25, -0.2) is 0 Å². The number of hydrogen-bond donors (Lipinski definition) is 5. The number of aliphatic hydroxyl groups is 1. The van der Waals surface area contributed by atoms with Crippen molar-refractivity contribution in [3.8, 4) is 5.75 Å². The van der Waals surface area contributed by atoms with E-state index in [4.69, 9.17) is 0 Å². The molecule has 4 rings (SSSR count). The number of aliphatic hydroxyl groups excluding tert-OH is 1. The van der Waals surface area contributed by atoms with Gasteiger partial charge in [-0.15, -0.1) is 0 Å². The molecule has 44 heavy (non-hydrogen) atoms. The Hall–Kier alpha value is -4.11. The highest BCUT2D eigenvalue weighted by atomic mass is 16.3. The number of nitrogens with zero attached hydrogens (tertiary/aromatic N) is 1. The fraction of sp³-hybridized carbons (Fsp3) is 0.457. The Labute approximate surface area is 260 Å². The maximum Gasteiger partial charge on any atom is 0.243 e. The second-order valence-corrected chi connectivity index (χ2v) is 12.1. The van der Waals surface area contributed by atoms with Crippen molar-refractivity contribution >= 4 is 45.6 Å². The number of anilines is 3. The van der Waals surface area contributed by atoms with E-state index in [1.54, 1.807) is 12.1 Å². The number of phenolic OH excluding ortho intramolecular Hbond substituents is 1. The number of phenols is 1. The fourth-order valence-corrected chi connectivity index (χ4v) is 6.07. The molecular weight excluding hydrogens is 556 g/mol. The molecule has 0 spiro atoms. The summed E-state index contributed by atoms with van der Waals surface area (Å²) in [6.07, 6.45) is 6.86. The van der Waals surface area contributed by atoms with Crippen molar-refractivity contribution in [2.24, 2.45) is 5.92 Å². The molecule has 0 saturated carbocycles. The molecule has 0 bridgehead atoms. The van der Waals surface area contributed by atoms with Gasteiger partial charge in [0.1, 0.15) is 11.8 Å². The maximum atomic E-state index is 12.8. The summed E-state index contributed by atoms with van der Waals surface area (Å²) in [5.74, 6) is 0.127. The van der Waals surface area contributed by atoms with Crippen molar-refractivity contribution in [1.29, 1.82) is 0 Å². The number of amides is 3. The summed E-state index contributed by atoms with van der Waals surface area (Å²) in [5, 5.41) is 30.4. The predicted molar refractivity (Wildman–Crippen MR) is 176 cm³/mol. The molecule has 1 aliphatic rings. The van der Waals surface area contributed by atoms with Crippen LogP contribution in [0, 0.1) is 5.92 Å². The number of rotatable bonds is 13. The molecule has 9 heteroatoms. The number of hydrogen-bond acceptors (Lipinski definition) is 6. The third kappa shape index (κ3) is 8.50. The highest BCUT2D eigenvalue weighted by Crippen LogP contribution is 2.31. The lowest BCUT2D eigenvalue weighted by atomic mass is 9.95. The minimum absolute atomic E-state index is 0.0327. The monoisotopic (exact) mass is 602 g/mol. The van der Waals surface area contributed by atoms with E-state index < -0.39 is 0 Å². The van der Waals surface area contributed by atoms with E-state index in [2.05, 4.69) is 16.0 Å². The molecule has 236 valence electrons. The van der Waals surface area contributed by atoms with E-state index in [-0.39, 0.29) is 48.1 Å². The van der Waals surface area contributed by atoms with Crippen LogP contribution in [0.15, 0.2) is 54.6 Å². The Kier molecular flexibility index (Phi) is 11.6. The normalized spacial score (nSPS) is 16.7. The van der Waals surface area contributed by atoms with Gasteiger partial charge in [0.25, 0.3) is 0 Å². The average molecular weight is 603 g/mol. The van der Waals surface area contributed by atoms with Crippen LogP contribution in [0.3, 0.4) is 0 Å². The van der Waals surface area contributed by atoms with E-state index in [1.807, 2.05) is 68.3 Å². The summed E-state index contributed by atoms with van der Waals surface area (Å²) in [6, 6.07) is 15.8. The predicted octanol–water partition coefficient (Wildman–Crippen LogP) is 5.74. The highest BCUT2D eigenvalue weighted by molar-refractivity contribution is 6.04. The lowest BCUT2D eigenvalue weighted by Crippen LogP contribution is -2.54. The summed E-state index contributed by atoms with van der Waals surface area (Å²) < 4.78 is 0. The molecular formula is C35H46N4O5. The van der Waals surface area contributed by atoms with Crippen molar-refractivity contribution in [3.05, 3.63) is 60.2 Å².